The van der Waals surface area contributed by atoms with Crippen molar-refractivity contribution in [1.29, 1.82) is 0 Å². The zero-order valence-corrected chi connectivity index (χ0v) is 19.2. The molecular formula is C23H34N4O3S. The van der Waals surface area contributed by atoms with E-state index in [0.717, 1.165) is 39.0 Å². The van der Waals surface area contributed by atoms with Crippen molar-refractivity contribution in [3.05, 3.63) is 59.7 Å². The first-order valence-electron chi connectivity index (χ1n) is 10.8. The first-order chi connectivity index (χ1) is 14.7. The highest BCUT2D eigenvalue weighted by atomic mass is 32.2. The highest BCUT2D eigenvalue weighted by Crippen LogP contribution is 2.28. The maximum Gasteiger partial charge on any atom is 0.240 e. The molecule has 2 atom stereocenters. The summed E-state index contributed by atoms with van der Waals surface area (Å²) in [6.45, 7) is 5.62. The van der Waals surface area contributed by atoms with Gasteiger partial charge in [0, 0.05) is 38.8 Å². The number of aliphatic hydroxyl groups excluding tert-OH is 1. The molecule has 8 heteroatoms. The molecule has 1 aliphatic rings. The number of hydrogen-bond donors (Lipinski definition) is 3. The van der Waals surface area contributed by atoms with Crippen LogP contribution in [0.2, 0.25) is 0 Å². The van der Waals surface area contributed by atoms with Crippen molar-refractivity contribution in [3.63, 3.8) is 0 Å². The predicted molar refractivity (Wildman–Crippen MR) is 125 cm³/mol. The zero-order valence-electron chi connectivity index (χ0n) is 18.4. The van der Waals surface area contributed by atoms with Crippen LogP contribution in [-0.2, 0) is 16.4 Å². The Hall–Kier alpha value is -1.97. The molecule has 1 saturated heterocycles. The van der Waals surface area contributed by atoms with Crippen LogP contribution in [0.3, 0.4) is 0 Å². The van der Waals surface area contributed by atoms with Gasteiger partial charge in [-0.2, -0.15) is 0 Å². The number of benzene rings is 2. The van der Waals surface area contributed by atoms with E-state index in [2.05, 4.69) is 29.3 Å². The molecule has 2 unspecified atom stereocenters. The number of piperazine rings is 1. The maximum atomic E-state index is 12.3. The Balaban J connectivity index is 1.63. The number of nitrogens with two attached hydrogens (primary N) is 1. The summed E-state index contributed by atoms with van der Waals surface area (Å²) in [5, 5.41) is 19.5. The van der Waals surface area contributed by atoms with E-state index >= 15 is 0 Å². The van der Waals surface area contributed by atoms with Gasteiger partial charge in [-0.3, -0.25) is 0 Å². The van der Waals surface area contributed by atoms with Crippen LogP contribution in [0, 0.1) is 0 Å². The monoisotopic (exact) mass is 446 g/mol. The van der Waals surface area contributed by atoms with Crippen molar-refractivity contribution >= 4 is 15.7 Å². The highest BCUT2D eigenvalue weighted by Gasteiger charge is 2.23. The topological polar surface area (TPSA) is 98.9 Å². The van der Waals surface area contributed by atoms with Gasteiger partial charge in [0.2, 0.25) is 10.0 Å². The van der Waals surface area contributed by atoms with Crippen molar-refractivity contribution < 1.29 is 13.5 Å². The van der Waals surface area contributed by atoms with Crippen LogP contribution < -0.4 is 15.4 Å². The first-order valence-corrected chi connectivity index (χ1v) is 12.3. The van der Waals surface area contributed by atoms with Gasteiger partial charge in [-0.15, -0.1) is 0 Å². The molecule has 0 aliphatic carbocycles. The molecule has 1 heterocycles. The molecule has 31 heavy (non-hydrogen) atoms. The number of sulfonamides is 1. The number of aryl methyl sites for hydroxylation is 1. The van der Waals surface area contributed by atoms with Crippen LogP contribution in [0.25, 0.3) is 0 Å². The molecule has 2 aromatic carbocycles. The van der Waals surface area contributed by atoms with Gasteiger partial charge in [0.05, 0.1) is 11.8 Å². The third-order valence-corrected chi connectivity index (χ3v) is 6.83. The minimum atomic E-state index is -3.91. The lowest BCUT2D eigenvalue weighted by atomic mass is 10.0. The van der Waals surface area contributed by atoms with Crippen LogP contribution in [-0.4, -0.2) is 64.2 Å². The number of aliphatic hydroxyl groups is 1. The molecule has 1 fully saturated rings. The second-order valence-corrected chi connectivity index (χ2v) is 9.94. The van der Waals surface area contributed by atoms with Gasteiger partial charge in [-0.1, -0.05) is 36.4 Å². The lowest BCUT2D eigenvalue weighted by Gasteiger charge is -2.35. The average Bonchev–Trinajstić information content (AvgIpc) is 2.76. The van der Waals surface area contributed by atoms with Crippen LogP contribution >= 0.6 is 0 Å². The summed E-state index contributed by atoms with van der Waals surface area (Å²) in [6.07, 6.45) is 1.09. The largest absolute Gasteiger partial charge is 0.387 e. The van der Waals surface area contributed by atoms with Gasteiger partial charge >= 0.3 is 0 Å². The Morgan fingerprint density at radius 3 is 2.42 bits per heavy atom. The summed E-state index contributed by atoms with van der Waals surface area (Å²) >= 11 is 0. The molecule has 0 spiro atoms. The molecule has 0 saturated carbocycles. The van der Waals surface area contributed by atoms with Crippen LogP contribution in [0.4, 0.5) is 5.69 Å². The first kappa shape index (κ1) is 23.7. The summed E-state index contributed by atoms with van der Waals surface area (Å²) in [7, 11) is -1.86. The Bertz CT molecular complexity index is 945. The number of nitrogens with zero attached hydrogens (tertiary/aromatic N) is 2. The van der Waals surface area contributed by atoms with E-state index in [1.165, 1.54) is 11.6 Å². The smallest absolute Gasteiger partial charge is 0.240 e. The lowest BCUT2D eigenvalue weighted by molar-refractivity contribution is 0.170. The Labute approximate surface area is 185 Å². The molecule has 4 N–H and O–H groups in total. The normalized spacial score (nSPS) is 17.5. The fourth-order valence-electron chi connectivity index (χ4n) is 3.84. The summed E-state index contributed by atoms with van der Waals surface area (Å²) in [5.74, 6) is 0. The molecule has 170 valence electrons. The van der Waals surface area contributed by atoms with Crippen molar-refractivity contribution in [1.82, 2.24) is 10.2 Å². The predicted octanol–water partition coefficient (Wildman–Crippen LogP) is 1.73. The standard InChI is InChI=1S/C23H34N4O3S/c1-18(8-9-19-6-4-3-5-7-19)25-17-22(28)20-10-11-21(23(16-20)31(24,29)30)27-14-12-26(2)13-15-27/h3-7,10-11,16,18,22,25,28H,8-9,12-15,17H2,1-2H3,(H2,24,29,30). The van der Waals surface area contributed by atoms with Gasteiger partial charge in [0.15, 0.2) is 0 Å². The highest BCUT2D eigenvalue weighted by molar-refractivity contribution is 7.89. The molecule has 0 bridgehead atoms. The Kier molecular flexibility index (Phi) is 8.07. The average molecular weight is 447 g/mol. The minimum Gasteiger partial charge on any atom is -0.387 e. The lowest BCUT2D eigenvalue weighted by Crippen LogP contribution is -2.45. The summed E-state index contributed by atoms with van der Waals surface area (Å²) in [4.78, 5) is 4.32. The third-order valence-electron chi connectivity index (χ3n) is 5.89. The molecule has 7 nitrogen and oxygen atoms in total. The zero-order chi connectivity index (χ0) is 22.4. The maximum absolute atomic E-state index is 12.3. The minimum absolute atomic E-state index is 0.0747. The molecule has 0 radical (unpaired) electrons. The van der Waals surface area contributed by atoms with Gasteiger partial charge in [0.25, 0.3) is 0 Å². The third kappa shape index (κ3) is 6.75. The Morgan fingerprint density at radius 1 is 1.10 bits per heavy atom. The molecule has 1 aliphatic heterocycles. The van der Waals surface area contributed by atoms with E-state index in [0.29, 0.717) is 17.8 Å². The number of hydrogen-bond acceptors (Lipinski definition) is 6. The molecule has 3 rings (SSSR count). The second kappa shape index (κ2) is 10.6. The second-order valence-electron chi connectivity index (χ2n) is 8.41. The van der Waals surface area contributed by atoms with Crippen LogP contribution in [0.15, 0.2) is 53.4 Å². The van der Waals surface area contributed by atoms with Gasteiger partial charge < -0.3 is 20.2 Å². The number of anilines is 1. The molecular weight excluding hydrogens is 412 g/mol. The molecule has 0 aromatic heterocycles. The Morgan fingerprint density at radius 2 is 1.77 bits per heavy atom. The van der Waals surface area contributed by atoms with E-state index < -0.39 is 16.1 Å². The molecule has 0 amide bonds. The number of likely N-dealkylation sites (N-methyl/N-ethyl adjacent to an activating group) is 1. The van der Waals surface area contributed by atoms with Gasteiger partial charge in [-0.25, -0.2) is 13.6 Å². The SMILES string of the molecule is CC(CCc1ccccc1)NCC(O)c1ccc(N2CCN(C)CC2)c(S(N)(=O)=O)c1. The van der Waals surface area contributed by atoms with Crippen LogP contribution in [0.1, 0.15) is 30.6 Å². The summed E-state index contributed by atoms with van der Waals surface area (Å²) < 4.78 is 24.5. The van der Waals surface area contributed by atoms with E-state index in [9.17, 15) is 13.5 Å². The van der Waals surface area contributed by atoms with Crippen molar-refractivity contribution in [3.8, 4) is 0 Å². The fourth-order valence-corrected chi connectivity index (χ4v) is 4.62. The van der Waals surface area contributed by atoms with E-state index in [-0.39, 0.29) is 10.9 Å². The van der Waals surface area contributed by atoms with Gasteiger partial charge in [0.1, 0.15) is 4.90 Å². The van der Waals surface area contributed by atoms with Crippen molar-refractivity contribution in [2.45, 2.75) is 36.8 Å². The summed E-state index contributed by atoms with van der Waals surface area (Å²) in [5.41, 5.74) is 2.44. The number of primary sulfonamides is 1. The van der Waals surface area contributed by atoms with Crippen LogP contribution in [0.5, 0.6) is 0 Å². The van der Waals surface area contributed by atoms with E-state index in [1.807, 2.05) is 30.1 Å². The van der Waals surface area contributed by atoms with E-state index in [4.69, 9.17) is 5.14 Å². The van der Waals surface area contributed by atoms with Gasteiger partial charge in [-0.05, 0) is 50.1 Å². The number of rotatable bonds is 9. The fraction of sp³-hybridized carbons (Fsp3) is 0.478. The summed E-state index contributed by atoms with van der Waals surface area (Å²) in [6, 6.07) is 15.6. The quantitative estimate of drug-likeness (QED) is 0.543. The number of nitrogens with one attached hydrogen (secondary N) is 1. The van der Waals surface area contributed by atoms with Crippen molar-refractivity contribution in [2.75, 3.05) is 44.7 Å². The van der Waals surface area contributed by atoms with E-state index in [1.54, 1.807) is 12.1 Å². The van der Waals surface area contributed by atoms with Crippen molar-refractivity contribution in [2.24, 2.45) is 5.14 Å². The molecule has 2 aromatic rings.